The minimum atomic E-state index is -0.401. The van der Waals surface area contributed by atoms with Crippen LogP contribution in [-0.2, 0) is 30.6 Å². The lowest BCUT2D eigenvalue weighted by atomic mass is 9.97. The van der Waals surface area contributed by atoms with Crippen LogP contribution in [-0.4, -0.2) is 30.3 Å². The van der Waals surface area contributed by atoms with Crippen molar-refractivity contribution in [1.82, 2.24) is 19.2 Å². The molecule has 0 aliphatic heterocycles. The molecule has 3 heterocycles. The molecule has 0 fully saturated rings. The third-order valence-corrected chi connectivity index (χ3v) is 9.15. The van der Waals surface area contributed by atoms with Crippen molar-refractivity contribution in [2.75, 3.05) is 5.32 Å². The highest BCUT2D eigenvalue weighted by atomic mass is 32.2. The van der Waals surface area contributed by atoms with Crippen LogP contribution < -0.4 is 10.9 Å². The van der Waals surface area contributed by atoms with Crippen LogP contribution >= 0.6 is 23.1 Å². The average Bonchev–Trinajstić information content (AvgIpc) is 3.51. The van der Waals surface area contributed by atoms with Gasteiger partial charge < -0.3 is 5.32 Å². The molecule has 7 nitrogen and oxygen atoms in total. The third kappa shape index (κ3) is 4.57. The molecule has 0 unspecified atom stereocenters. The second-order valence-electron chi connectivity index (χ2n) is 9.32. The Labute approximate surface area is 222 Å². The summed E-state index contributed by atoms with van der Waals surface area (Å²) in [6.07, 6.45) is 4.89. The predicted molar refractivity (Wildman–Crippen MR) is 150 cm³/mol. The molecule has 3 aromatic heterocycles. The van der Waals surface area contributed by atoms with Gasteiger partial charge in [0.15, 0.2) is 5.16 Å². The lowest BCUT2D eigenvalue weighted by molar-refractivity contribution is -0.115. The van der Waals surface area contributed by atoms with Crippen LogP contribution in [0.4, 0.5) is 5.69 Å². The lowest BCUT2D eigenvalue weighted by Gasteiger charge is -2.13. The minimum absolute atomic E-state index is 0.0108. The normalized spacial score (nSPS) is 14.1. The Bertz CT molecular complexity index is 1640. The molecule has 37 heavy (non-hydrogen) atoms. The number of thioether (sulfide) groups is 1. The van der Waals surface area contributed by atoms with Crippen LogP contribution in [0.15, 0.2) is 70.6 Å². The summed E-state index contributed by atoms with van der Waals surface area (Å²) in [5.41, 5.74) is 3.12. The zero-order valence-corrected chi connectivity index (χ0v) is 22.1. The zero-order chi connectivity index (χ0) is 25.4. The standard InChI is InChI=1S/C28H27N5O2S2/c1-18(24(34)29-20-12-6-3-7-13-20)36-28-31-30-27-32(17-16-19-10-4-2-5-11-19)25(35)23-21-14-8-9-15-22(21)37-26(23)33(27)28/h2-7,10-13,18H,8-9,14-17H2,1H3,(H,29,34)/t18-/m1/s1. The Morgan fingerprint density at radius 2 is 1.78 bits per heavy atom. The number of carbonyl (C=O) groups is 1. The van der Waals surface area contributed by atoms with Gasteiger partial charge in [-0.15, -0.1) is 21.5 Å². The monoisotopic (exact) mass is 529 g/mol. The van der Waals surface area contributed by atoms with Gasteiger partial charge in [0.1, 0.15) is 4.83 Å². The summed E-state index contributed by atoms with van der Waals surface area (Å²) in [6, 6.07) is 19.6. The van der Waals surface area contributed by atoms with Crippen molar-refractivity contribution in [2.24, 2.45) is 0 Å². The number of rotatable bonds is 7. The highest BCUT2D eigenvalue weighted by Gasteiger charge is 2.26. The van der Waals surface area contributed by atoms with E-state index in [1.165, 1.54) is 27.8 Å². The Kier molecular flexibility index (Phi) is 6.56. The summed E-state index contributed by atoms with van der Waals surface area (Å²) in [5, 5.41) is 12.9. The van der Waals surface area contributed by atoms with E-state index in [1.807, 2.05) is 59.9 Å². The number of aromatic nitrogens is 4. The second kappa shape index (κ2) is 10.1. The van der Waals surface area contributed by atoms with E-state index in [9.17, 15) is 9.59 Å². The molecule has 1 aliphatic rings. The van der Waals surface area contributed by atoms with E-state index in [1.54, 1.807) is 15.9 Å². The minimum Gasteiger partial charge on any atom is -0.325 e. The average molecular weight is 530 g/mol. The maximum Gasteiger partial charge on any atom is 0.263 e. The number of hydrogen-bond donors (Lipinski definition) is 1. The molecular formula is C28H27N5O2S2. The third-order valence-electron chi connectivity index (χ3n) is 6.83. The molecule has 1 amide bonds. The number of thiophene rings is 1. The number of aryl methyl sites for hydroxylation is 4. The van der Waals surface area contributed by atoms with E-state index in [4.69, 9.17) is 0 Å². The van der Waals surface area contributed by atoms with Crippen molar-refractivity contribution in [3.8, 4) is 0 Å². The number of nitrogens with zero attached hydrogens (tertiary/aromatic N) is 4. The molecule has 9 heteroatoms. The first-order valence-corrected chi connectivity index (χ1v) is 14.3. The van der Waals surface area contributed by atoms with Crippen LogP contribution in [0.5, 0.6) is 0 Å². The van der Waals surface area contributed by atoms with Crippen LogP contribution in [0.25, 0.3) is 16.0 Å². The molecule has 0 saturated carbocycles. The van der Waals surface area contributed by atoms with Crippen molar-refractivity contribution in [3.05, 3.63) is 87.0 Å². The van der Waals surface area contributed by atoms with Gasteiger partial charge in [-0.2, -0.15) is 0 Å². The first kappa shape index (κ1) is 23.9. The van der Waals surface area contributed by atoms with Gasteiger partial charge in [-0.25, -0.2) is 4.40 Å². The topological polar surface area (TPSA) is 81.3 Å². The number of nitrogens with one attached hydrogen (secondary N) is 1. The van der Waals surface area contributed by atoms with Crippen LogP contribution in [0.3, 0.4) is 0 Å². The first-order valence-electron chi connectivity index (χ1n) is 12.6. The Hall–Kier alpha value is -3.43. The second-order valence-corrected chi connectivity index (χ2v) is 11.7. The summed E-state index contributed by atoms with van der Waals surface area (Å²) in [5.74, 6) is 0.428. The quantitative estimate of drug-likeness (QED) is 0.288. The van der Waals surface area contributed by atoms with Crippen molar-refractivity contribution in [2.45, 2.75) is 56.0 Å². The highest BCUT2D eigenvalue weighted by molar-refractivity contribution is 8.00. The molecule has 6 rings (SSSR count). The fourth-order valence-corrected chi connectivity index (χ4v) is 7.20. The van der Waals surface area contributed by atoms with Crippen LogP contribution in [0.2, 0.25) is 0 Å². The van der Waals surface area contributed by atoms with Gasteiger partial charge in [-0.3, -0.25) is 14.2 Å². The maximum atomic E-state index is 13.9. The molecule has 188 valence electrons. The van der Waals surface area contributed by atoms with E-state index in [0.717, 1.165) is 48.0 Å². The zero-order valence-electron chi connectivity index (χ0n) is 20.5. The molecule has 0 spiro atoms. The number of amides is 1. The number of fused-ring (bicyclic) bond motifs is 5. The fourth-order valence-electron chi connectivity index (χ4n) is 4.91. The largest absolute Gasteiger partial charge is 0.325 e. The van der Waals surface area contributed by atoms with Gasteiger partial charge in [0.05, 0.1) is 10.6 Å². The van der Waals surface area contributed by atoms with Crippen molar-refractivity contribution in [3.63, 3.8) is 0 Å². The molecule has 0 bridgehead atoms. The van der Waals surface area contributed by atoms with Crippen LogP contribution in [0, 0.1) is 0 Å². The van der Waals surface area contributed by atoms with Gasteiger partial charge in [0.2, 0.25) is 11.7 Å². The van der Waals surface area contributed by atoms with E-state index >= 15 is 0 Å². The van der Waals surface area contributed by atoms with E-state index < -0.39 is 5.25 Å². The Balaban J connectivity index is 1.41. The molecule has 0 saturated heterocycles. The summed E-state index contributed by atoms with van der Waals surface area (Å²) >= 11 is 3.04. The first-order chi connectivity index (χ1) is 18.1. The van der Waals surface area contributed by atoms with Crippen molar-refractivity contribution >= 4 is 50.7 Å². The fraction of sp³-hybridized carbons (Fsp3) is 0.286. The highest BCUT2D eigenvalue weighted by Crippen LogP contribution is 2.36. The summed E-state index contributed by atoms with van der Waals surface area (Å²) in [4.78, 5) is 29.0. The smallest absolute Gasteiger partial charge is 0.263 e. The van der Waals surface area contributed by atoms with Crippen LogP contribution in [0.1, 0.15) is 35.8 Å². The van der Waals surface area contributed by atoms with E-state index in [2.05, 4.69) is 27.6 Å². The molecule has 1 N–H and O–H groups in total. The van der Waals surface area contributed by atoms with E-state index in [-0.39, 0.29) is 11.5 Å². The molecule has 1 atom stereocenters. The van der Waals surface area contributed by atoms with Gasteiger partial charge in [-0.1, -0.05) is 60.3 Å². The number of anilines is 1. The molecule has 2 aromatic carbocycles. The predicted octanol–water partition coefficient (Wildman–Crippen LogP) is 5.35. The molecule has 0 radical (unpaired) electrons. The lowest BCUT2D eigenvalue weighted by Crippen LogP contribution is -2.25. The van der Waals surface area contributed by atoms with E-state index in [0.29, 0.717) is 17.5 Å². The van der Waals surface area contributed by atoms with Crippen molar-refractivity contribution < 1.29 is 4.79 Å². The van der Waals surface area contributed by atoms with Gasteiger partial charge in [0, 0.05) is 17.1 Å². The number of para-hydroxylation sites is 1. The van der Waals surface area contributed by atoms with Gasteiger partial charge in [0.25, 0.3) is 5.56 Å². The molecular weight excluding hydrogens is 502 g/mol. The maximum absolute atomic E-state index is 13.9. The number of hydrogen-bond acceptors (Lipinski definition) is 6. The Morgan fingerprint density at radius 3 is 2.57 bits per heavy atom. The van der Waals surface area contributed by atoms with Gasteiger partial charge >= 0.3 is 0 Å². The Morgan fingerprint density at radius 1 is 1.05 bits per heavy atom. The number of benzene rings is 2. The van der Waals surface area contributed by atoms with Crippen molar-refractivity contribution in [1.29, 1.82) is 0 Å². The summed E-state index contributed by atoms with van der Waals surface area (Å²) < 4.78 is 3.77. The molecule has 5 aromatic rings. The molecule has 1 aliphatic carbocycles. The number of carbonyl (C=O) groups excluding carboxylic acids is 1. The van der Waals surface area contributed by atoms with Gasteiger partial charge in [-0.05, 0) is 62.3 Å². The SMILES string of the molecule is C[C@@H](Sc1nnc2n(CCc3ccccc3)c(=O)c3c4c(sc3n12)CCCC4)C(=O)Nc1ccccc1. The summed E-state index contributed by atoms with van der Waals surface area (Å²) in [6.45, 7) is 2.38. The summed E-state index contributed by atoms with van der Waals surface area (Å²) in [7, 11) is 0.